The predicted octanol–water partition coefficient (Wildman–Crippen LogP) is 2.71. The predicted molar refractivity (Wildman–Crippen MR) is 69.0 cm³/mol. The minimum absolute atomic E-state index is 0.0664. The van der Waals surface area contributed by atoms with E-state index in [1.165, 1.54) is 0 Å². The van der Waals surface area contributed by atoms with Gasteiger partial charge in [-0.05, 0) is 26.0 Å². The monoisotopic (exact) mass is 285 g/mol. The molecule has 0 aliphatic rings. The van der Waals surface area contributed by atoms with Crippen LogP contribution in [0, 0.1) is 15.9 Å². The van der Waals surface area contributed by atoms with Gasteiger partial charge in [-0.2, -0.15) is 4.39 Å². The van der Waals surface area contributed by atoms with E-state index < -0.39 is 28.0 Å². The van der Waals surface area contributed by atoms with Crippen LogP contribution >= 0.6 is 0 Å². The molecule has 0 aliphatic heterocycles. The van der Waals surface area contributed by atoms with Gasteiger partial charge in [0.2, 0.25) is 5.82 Å². The first-order valence-electron chi connectivity index (χ1n) is 5.93. The van der Waals surface area contributed by atoms with Gasteiger partial charge in [0.15, 0.2) is 0 Å². The third-order valence-corrected chi connectivity index (χ3v) is 2.87. The second-order valence-corrected chi connectivity index (χ2v) is 4.77. The number of halogens is 1. The first-order chi connectivity index (χ1) is 9.26. The number of nitro benzene ring substituents is 1. The van der Waals surface area contributed by atoms with Gasteiger partial charge in [-0.15, -0.1) is 0 Å². The van der Waals surface area contributed by atoms with Crippen molar-refractivity contribution >= 4 is 11.7 Å². The van der Waals surface area contributed by atoms with Gasteiger partial charge < -0.3 is 9.47 Å². The SMILES string of the molecule is COC(C)(C)CCOC(=O)c1ccc([N+](=O)[O-])c(F)c1. The number of hydrogen-bond acceptors (Lipinski definition) is 5. The number of benzene rings is 1. The fraction of sp³-hybridized carbons (Fsp3) is 0.462. The summed E-state index contributed by atoms with van der Waals surface area (Å²) in [6.45, 7) is 3.79. The van der Waals surface area contributed by atoms with E-state index in [0.717, 1.165) is 18.2 Å². The Morgan fingerprint density at radius 2 is 2.10 bits per heavy atom. The lowest BCUT2D eigenvalue weighted by molar-refractivity contribution is -0.387. The van der Waals surface area contributed by atoms with E-state index in [-0.39, 0.29) is 12.2 Å². The van der Waals surface area contributed by atoms with Gasteiger partial charge in [0, 0.05) is 19.6 Å². The molecule has 20 heavy (non-hydrogen) atoms. The van der Waals surface area contributed by atoms with E-state index in [4.69, 9.17) is 9.47 Å². The Morgan fingerprint density at radius 1 is 1.45 bits per heavy atom. The number of methoxy groups -OCH3 is 1. The zero-order valence-corrected chi connectivity index (χ0v) is 11.5. The Labute approximate surface area is 115 Å². The minimum Gasteiger partial charge on any atom is -0.462 e. The van der Waals surface area contributed by atoms with Crippen LogP contribution in [-0.4, -0.2) is 30.2 Å². The van der Waals surface area contributed by atoms with Crippen LogP contribution in [0.5, 0.6) is 0 Å². The molecule has 0 saturated heterocycles. The number of hydrogen-bond donors (Lipinski definition) is 0. The maximum atomic E-state index is 13.4. The van der Waals surface area contributed by atoms with Gasteiger partial charge in [-0.1, -0.05) is 0 Å². The quantitative estimate of drug-likeness (QED) is 0.456. The molecule has 0 bridgehead atoms. The summed E-state index contributed by atoms with van der Waals surface area (Å²) >= 11 is 0. The highest BCUT2D eigenvalue weighted by molar-refractivity contribution is 5.89. The van der Waals surface area contributed by atoms with Crippen molar-refractivity contribution in [1.82, 2.24) is 0 Å². The molecule has 0 aliphatic carbocycles. The third kappa shape index (κ3) is 4.27. The molecule has 0 aromatic heterocycles. The van der Waals surface area contributed by atoms with Crippen molar-refractivity contribution in [2.75, 3.05) is 13.7 Å². The second kappa shape index (κ2) is 6.42. The van der Waals surface area contributed by atoms with Crippen LogP contribution in [0.4, 0.5) is 10.1 Å². The summed E-state index contributed by atoms with van der Waals surface area (Å²) in [6.07, 6.45) is 0.477. The first-order valence-corrected chi connectivity index (χ1v) is 5.93. The van der Waals surface area contributed by atoms with Crippen molar-refractivity contribution in [3.8, 4) is 0 Å². The van der Waals surface area contributed by atoms with Crippen molar-refractivity contribution < 1.29 is 23.6 Å². The maximum Gasteiger partial charge on any atom is 0.338 e. The van der Waals surface area contributed by atoms with Gasteiger partial charge in [-0.25, -0.2) is 4.79 Å². The normalized spacial score (nSPS) is 11.2. The second-order valence-electron chi connectivity index (χ2n) is 4.77. The zero-order chi connectivity index (χ0) is 15.3. The molecule has 0 saturated carbocycles. The largest absolute Gasteiger partial charge is 0.462 e. The number of carbonyl (C=O) groups excluding carboxylic acids is 1. The number of esters is 1. The Bertz CT molecular complexity index is 515. The molecule has 0 N–H and O–H groups in total. The van der Waals surface area contributed by atoms with Crippen molar-refractivity contribution in [2.24, 2.45) is 0 Å². The van der Waals surface area contributed by atoms with E-state index in [0.29, 0.717) is 6.42 Å². The number of nitrogens with zero attached hydrogens (tertiary/aromatic N) is 1. The topological polar surface area (TPSA) is 78.7 Å². The summed E-state index contributed by atoms with van der Waals surface area (Å²) < 4.78 is 23.5. The molecule has 1 rings (SSSR count). The number of ether oxygens (including phenoxy) is 2. The summed E-state index contributed by atoms with van der Waals surface area (Å²) in [5.74, 6) is -1.80. The van der Waals surface area contributed by atoms with Crippen molar-refractivity contribution in [1.29, 1.82) is 0 Å². The van der Waals surface area contributed by atoms with Gasteiger partial charge in [0.25, 0.3) is 0 Å². The van der Waals surface area contributed by atoms with Crippen molar-refractivity contribution in [2.45, 2.75) is 25.9 Å². The summed E-state index contributed by atoms with van der Waals surface area (Å²) in [5, 5.41) is 10.5. The third-order valence-electron chi connectivity index (χ3n) is 2.87. The molecule has 110 valence electrons. The van der Waals surface area contributed by atoms with Crippen LogP contribution in [0.3, 0.4) is 0 Å². The lowest BCUT2D eigenvalue weighted by Gasteiger charge is -2.22. The summed E-state index contributed by atoms with van der Waals surface area (Å²) in [4.78, 5) is 21.3. The molecule has 1 aromatic rings. The van der Waals surface area contributed by atoms with E-state index in [9.17, 15) is 19.3 Å². The molecular formula is C13H16FNO5. The van der Waals surface area contributed by atoms with Crippen molar-refractivity contribution in [3.63, 3.8) is 0 Å². The van der Waals surface area contributed by atoms with Crippen LogP contribution < -0.4 is 0 Å². The van der Waals surface area contributed by atoms with Gasteiger partial charge in [0.05, 0.1) is 22.7 Å². The number of carbonyl (C=O) groups is 1. The Balaban J connectivity index is 2.65. The van der Waals surface area contributed by atoms with E-state index >= 15 is 0 Å². The molecule has 0 heterocycles. The lowest BCUT2D eigenvalue weighted by atomic mass is 10.1. The van der Waals surface area contributed by atoms with Gasteiger partial charge in [0.1, 0.15) is 0 Å². The molecule has 7 heteroatoms. The molecule has 0 amide bonds. The highest BCUT2D eigenvalue weighted by Crippen LogP contribution is 2.19. The highest BCUT2D eigenvalue weighted by atomic mass is 19.1. The zero-order valence-electron chi connectivity index (χ0n) is 11.5. The number of rotatable bonds is 6. The molecule has 0 fully saturated rings. The van der Waals surface area contributed by atoms with Crippen LogP contribution in [0.1, 0.15) is 30.6 Å². The molecule has 0 radical (unpaired) electrons. The fourth-order valence-electron chi connectivity index (χ4n) is 1.36. The Kier molecular flexibility index (Phi) is 5.15. The fourth-order valence-corrected chi connectivity index (χ4v) is 1.36. The highest BCUT2D eigenvalue weighted by Gasteiger charge is 2.19. The van der Waals surface area contributed by atoms with Crippen LogP contribution in [0.25, 0.3) is 0 Å². The minimum atomic E-state index is -1.07. The first kappa shape index (κ1) is 16.0. The standard InChI is InChI=1S/C13H16FNO5/c1-13(2,19-3)6-7-20-12(16)9-4-5-11(15(17)18)10(14)8-9/h4-5,8H,6-7H2,1-3H3. The molecule has 0 unspecified atom stereocenters. The van der Waals surface area contributed by atoms with Gasteiger partial charge in [-0.3, -0.25) is 10.1 Å². The molecule has 6 nitrogen and oxygen atoms in total. The van der Waals surface area contributed by atoms with Crippen molar-refractivity contribution in [3.05, 3.63) is 39.7 Å². The number of nitro groups is 1. The summed E-state index contributed by atoms with van der Waals surface area (Å²) in [6, 6.07) is 2.89. The van der Waals surface area contributed by atoms with Crippen LogP contribution in [0.15, 0.2) is 18.2 Å². The molecule has 1 aromatic carbocycles. The van der Waals surface area contributed by atoms with Gasteiger partial charge >= 0.3 is 11.7 Å². The average molecular weight is 285 g/mol. The lowest BCUT2D eigenvalue weighted by Crippen LogP contribution is -2.25. The maximum absolute atomic E-state index is 13.4. The van der Waals surface area contributed by atoms with E-state index in [1.54, 1.807) is 7.11 Å². The Morgan fingerprint density at radius 3 is 2.60 bits per heavy atom. The van der Waals surface area contributed by atoms with Crippen LogP contribution in [0.2, 0.25) is 0 Å². The molecular weight excluding hydrogens is 269 g/mol. The average Bonchev–Trinajstić information content (AvgIpc) is 2.37. The van der Waals surface area contributed by atoms with E-state index in [2.05, 4.69) is 0 Å². The molecule has 0 spiro atoms. The smallest absolute Gasteiger partial charge is 0.338 e. The Hall–Kier alpha value is -2.02. The summed E-state index contributed by atoms with van der Waals surface area (Å²) in [5.41, 5.74) is -1.17. The summed E-state index contributed by atoms with van der Waals surface area (Å²) in [7, 11) is 1.55. The molecule has 0 atom stereocenters. The van der Waals surface area contributed by atoms with E-state index in [1.807, 2.05) is 13.8 Å². The van der Waals surface area contributed by atoms with Crippen LogP contribution in [-0.2, 0) is 9.47 Å².